The van der Waals surface area contributed by atoms with E-state index in [2.05, 4.69) is 4.72 Å². The predicted octanol–water partition coefficient (Wildman–Crippen LogP) is 4.52. The molecule has 27 heavy (non-hydrogen) atoms. The van der Waals surface area contributed by atoms with Crippen molar-refractivity contribution in [2.24, 2.45) is 0 Å². The number of para-hydroxylation sites is 1. The van der Waals surface area contributed by atoms with Crippen LogP contribution in [0, 0.1) is 11.3 Å². The lowest BCUT2D eigenvalue weighted by molar-refractivity contribution is 0.484. The van der Waals surface area contributed by atoms with Gasteiger partial charge in [-0.2, -0.15) is 5.26 Å². The van der Waals surface area contributed by atoms with Gasteiger partial charge in [-0.1, -0.05) is 48.5 Å². The molecule has 7 heteroatoms. The fourth-order valence-electron chi connectivity index (χ4n) is 2.26. The standard InChI is InChI=1S/C20H16N2O3S2/c21-14-18(27(23,24)22-15-16-7-3-1-4-8-16)13-20-19(11-12-26-20)25-17-9-5-2-6-10-17/h1-13,22H,15H2/b18-13+. The molecular weight excluding hydrogens is 380 g/mol. The van der Waals surface area contributed by atoms with Gasteiger partial charge < -0.3 is 4.74 Å². The number of nitriles is 1. The van der Waals surface area contributed by atoms with Gasteiger partial charge in [0.15, 0.2) is 4.91 Å². The SMILES string of the molecule is N#C/C(=C\c1sccc1Oc1ccccc1)S(=O)(=O)NCc1ccccc1. The Labute approximate surface area is 162 Å². The number of nitrogens with zero attached hydrogens (tertiary/aromatic N) is 1. The van der Waals surface area contributed by atoms with Crippen LogP contribution < -0.4 is 9.46 Å². The Balaban J connectivity index is 1.80. The Morgan fingerprint density at radius 2 is 1.74 bits per heavy atom. The van der Waals surface area contributed by atoms with Crippen molar-refractivity contribution in [1.29, 1.82) is 5.26 Å². The Morgan fingerprint density at radius 1 is 1.07 bits per heavy atom. The fraction of sp³-hybridized carbons (Fsp3) is 0.0500. The van der Waals surface area contributed by atoms with E-state index in [-0.39, 0.29) is 11.4 Å². The minimum atomic E-state index is -3.94. The van der Waals surface area contributed by atoms with Crippen LogP contribution in [0.5, 0.6) is 11.5 Å². The molecule has 3 aromatic rings. The second kappa shape index (κ2) is 8.64. The summed E-state index contributed by atoms with van der Waals surface area (Å²) in [5, 5.41) is 11.1. The number of benzene rings is 2. The Kier molecular flexibility index (Phi) is 6.04. The maximum atomic E-state index is 12.5. The van der Waals surface area contributed by atoms with Crippen LogP contribution in [0.15, 0.2) is 77.0 Å². The van der Waals surface area contributed by atoms with Crippen LogP contribution in [-0.2, 0) is 16.6 Å². The molecule has 0 saturated carbocycles. The van der Waals surface area contributed by atoms with Gasteiger partial charge in [-0.25, -0.2) is 13.1 Å². The highest BCUT2D eigenvalue weighted by atomic mass is 32.2. The number of sulfonamides is 1. The lowest BCUT2D eigenvalue weighted by atomic mass is 10.2. The van der Waals surface area contributed by atoms with Crippen molar-refractivity contribution in [3.8, 4) is 17.6 Å². The van der Waals surface area contributed by atoms with Gasteiger partial charge in [-0.05, 0) is 35.2 Å². The van der Waals surface area contributed by atoms with E-state index in [1.165, 1.54) is 17.4 Å². The lowest BCUT2D eigenvalue weighted by Crippen LogP contribution is -2.24. The van der Waals surface area contributed by atoms with E-state index >= 15 is 0 Å². The summed E-state index contributed by atoms with van der Waals surface area (Å²) in [5.41, 5.74) is 0.808. The Morgan fingerprint density at radius 3 is 2.41 bits per heavy atom. The summed E-state index contributed by atoms with van der Waals surface area (Å²) in [7, 11) is -3.94. The number of nitrogens with one attached hydrogen (secondary N) is 1. The molecule has 0 spiro atoms. The molecule has 3 rings (SSSR count). The summed E-state index contributed by atoms with van der Waals surface area (Å²) in [5.74, 6) is 1.13. The van der Waals surface area contributed by atoms with Gasteiger partial charge in [0.1, 0.15) is 17.6 Å². The Bertz CT molecular complexity index is 1070. The van der Waals surface area contributed by atoms with Crippen molar-refractivity contribution in [1.82, 2.24) is 4.72 Å². The number of rotatable bonds is 7. The highest BCUT2D eigenvalue weighted by Crippen LogP contribution is 2.32. The third kappa shape index (κ3) is 5.05. The molecule has 0 atom stereocenters. The van der Waals surface area contributed by atoms with E-state index in [4.69, 9.17) is 4.74 Å². The molecule has 0 amide bonds. The van der Waals surface area contributed by atoms with E-state index in [1.807, 2.05) is 48.5 Å². The number of allylic oxidation sites excluding steroid dienone is 1. The quantitative estimate of drug-likeness (QED) is 0.595. The van der Waals surface area contributed by atoms with Crippen molar-refractivity contribution in [3.63, 3.8) is 0 Å². The molecule has 0 radical (unpaired) electrons. The summed E-state index contributed by atoms with van der Waals surface area (Å²) >= 11 is 1.30. The molecule has 5 nitrogen and oxygen atoms in total. The van der Waals surface area contributed by atoms with Crippen molar-refractivity contribution >= 4 is 27.4 Å². The first-order valence-corrected chi connectivity index (χ1v) is 10.4. The second-order valence-electron chi connectivity index (χ2n) is 5.49. The molecule has 0 unspecified atom stereocenters. The highest BCUT2D eigenvalue weighted by molar-refractivity contribution is 7.93. The fourth-order valence-corrected chi connectivity index (χ4v) is 3.99. The molecule has 2 aromatic carbocycles. The second-order valence-corrected chi connectivity index (χ2v) is 8.18. The van der Waals surface area contributed by atoms with Crippen molar-refractivity contribution in [3.05, 3.63) is 87.5 Å². The van der Waals surface area contributed by atoms with Gasteiger partial charge in [0.2, 0.25) is 0 Å². The van der Waals surface area contributed by atoms with Gasteiger partial charge in [0, 0.05) is 6.54 Å². The summed E-state index contributed by atoms with van der Waals surface area (Å²) in [4.78, 5) is 0.194. The minimum Gasteiger partial charge on any atom is -0.456 e. The maximum Gasteiger partial charge on any atom is 0.251 e. The first-order chi connectivity index (χ1) is 13.1. The van der Waals surface area contributed by atoms with E-state index in [0.29, 0.717) is 16.4 Å². The van der Waals surface area contributed by atoms with E-state index in [9.17, 15) is 13.7 Å². The van der Waals surface area contributed by atoms with Crippen LogP contribution >= 0.6 is 11.3 Å². The lowest BCUT2D eigenvalue weighted by Gasteiger charge is -2.07. The first-order valence-electron chi connectivity index (χ1n) is 8.04. The van der Waals surface area contributed by atoms with Crippen molar-refractivity contribution in [2.75, 3.05) is 0 Å². The Hall–Kier alpha value is -2.92. The van der Waals surface area contributed by atoms with Gasteiger partial charge in [0.25, 0.3) is 10.0 Å². The third-order valence-electron chi connectivity index (χ3n) is 3.60. The summed E-state index contributed by atoms with van der Waals surface area (Å²) in [6, 6.07) is 21.8. The highest BCUT2D eigenvalue weighted by Gasteiger charge is 2.18. The van der Waals surface area contributed by atoms with Crippen LogP contribution in [-0.4, -0.2) is 8.42 Å². The number of ether oxygens (including phenoxy) is 1. The molecule has 1 heterocycles. The van der Waals surface area contributed by atoms with Crippen LogP contribution in [0.2, 0.25) is 0 Å². The van der Waals surface area contributed by atoms with E-state index < -0.39 is 10.0 Å². The smallest absolute Gasteiger partial charge is 0.251 e. The molecule has 1 aromatic heterocycles. The molecular formula is C20H16N2O3S2. The number of hydrogen-bond acceptors (Lipinski definition) is 5. The monoisotopic (exact) mass is 396 g/mol. The molecule has 1 N–H and O–H groups in total. The zero-order valence-corrected chi connectivity index (χ0v) is 15.8. The van der Waals surface area contributed by atoms with Crippen LogP contribution in [0.1, 0.15) is 10.4 Å². The van der Waals surface area contributed by atoms with Gasteiger partial charge in [-0.15, -0.1) is 11.3 Å². The van der Waals surface area contributed by atoms with Crippen LogP contribution in [0.3, 0.4) is 0 Å². The average Bonchev–Trinajstić information content (AvgIpc) is 3.12. The zero-order valence-electron chi connectivity index (χ0n) is 14.2. The van der Waals surface area contributed by atoms with Crippen molar-refractivity contribution < 1.29 is 13.2 Å². The van der Waals surface area contributed by atoms with Crippen LogP contribution in [0.25, 0.3) is 6.08 Å². The first kappa shape index (κ1) is 18.9. The maximum absolute atomic E-state index is 12.5. The summed E-state index contributed by atoms with van der Waals surface area (Å²) in [6.07, 6.45) is 1.33. The van der Waals surface area contributed by atoms with Gasteiger partial charge in [-0.3, -0.25) is 0 Å². The van der Waals surface area contributed by atoms with Crippen LogP contribution in [0.4, 0.5) is 0 Å². The molecule has 0 aliphatic carbocycles. The molecule has 0 aliphatic heterocycles. The average molecular weight is 396 g/mol. The minimum absolute atomic E-state index is 0.111. The number of hydrogen-bond donors (Lipinski definition) is 1. The van der Waals surface area contributed by atoms with Gasteiger partial charge in [0.05, 0.1) is 4.88 Å². The zero-order chi connectivity index (χ0) is 19.1. The topological polar surface area (TPSA) is 79.2 Å². The van der Waals surface area contributed by atoms with E-state index in [0.717, 1.165) is 5.56 Å². The van der Waals surface area contributed by atoms with Crippen molar-refractivity contribution in [2.45, 2.75) is 6.54 Å². The summed E-state index contributed by atoms with van der Waals surface area (Å²) < 4.78 is 33.2. The van der Waals surface area contributed by atoms with Gasteiger partial charge >= 0.3 is 0 Å². The largest absolute Gasteiger partial charge is 0.456 e. The predicted molar refractivity (Wildman–Crippen MR) is 107 cm³/mol. The third-order valence-corrected chi connectivity index (χ3v) is 5.76. The molecule has 136 valence electrons. The summed E-state index contributed by atoms with van der Waals surface area (Å²) in [6.45, 7) is 0.111. The molecule has 0 bridgehead atoms. The molecule has 0 saturated heterocycles. The molecule has 0 aliphatic rings. The molecule has 0 fully saturated rings. The normalized spacial score (nSPS) is 11.7. The van der Waals surface area contributed by atoms with E-state index in [1.54, 1.807) is 29.6 Å². The number of thiophene rings is 1.